The number of aromatic hydroxyl groups is 1. The number of hydrogen-bond donors (Lipinski definition) is 2. The molecule has 0 saturated carbocycles. The molecular formula is C11H12O2S. The minimum Gasteiger partial charge on any atom is -0.504 e. The van der Waals surface area contributed by atoms with Gasteiger partial charge in [0.05, 0.1) is 7.11 Å². The second-order valence-electron chi connectivity index (χ2n) is 2.66. The second kappa shape index (κ2) is 5.46. The second-order valence-corrected chi connectivity index (χ2v) is 3.11. The van der Waals surface area contributed by atoms with Crippen molar-refractivity contribution in [2.24, 2.45) is 0 Å². The molecule has 0 unspecified atom stereocenters. The zero-order valence-corrected chi connectivity index (χ0v) is 8.84. The van der Waals surface area contributed by atoms with Gasteiger partial charge in [-0.2, -0.15) is 12.6 Å². The summed E-state index contributed by atoms with van der Waals surface area (Å²) < 4.78 is 4.92. The molecular weight excluding hydrogens is 196 g/mol. The van der Waals surface area contributed by atoms with Crippen molar-refractivity contribution in [2.45, 2.75) is 6.42 Å². The van der Waals surface area contributed by atoms with E-state index in [2.05, 4.69) is 24.5 Å². The van der Waals surface area contributed by atoms with Crippen molar-refractivity contribution in [3.63, 3.8) is 0 Å². The Hall–Kier alpha value is -1.27. The number of phenols is 1. The quantitative estimate of drug-likeness (QED) is 0.575. The van der Waals surface area contributed by atoms with E-state index in [-0.39, 0.29) is 5.75 Å². The molecule has 1 N–H and O–H groups in total. The van der Waals surface area contributed by atoms with E-state index in [1.807, 2.05) is 6.07 Å². The Morgan fingerprint density at radius 3 is 2.86 bits per heavy atom. The van der Waals surface area contributed by atoms with Gasteiger partial charge in [0.25, 0.3) is 0 Å². The van der Waals surface area contributed by atoms with Gasteiger partial charge in [0.2, 0.25) is 0 Å². The lowest BCUT2D eigenvalue weighted by atomic mass is 10.2. The maximum absolute atomic E-state index is 9.44. The Morgan fingerprint density at radius 2 is 2.29 bits per heavy atom. The van der Waals surface area contributed by atoms with Crippen LogP contribution in [-0.4, -0.2) is 18.0 Å². The molecule has 0 aliphatic heterocycles. The fraction of sp³-hybridized carbons (Fsp3) is 0.273. The highest BCUT2D eigenvalue weighted by molar-refractivity contribution is 7.80. The normalized spacial score (nSPS) is 9.00. The molecule has 0 fully saturated rings. The summed E-state index contributed by atoms with van der Waals surface area (Å²) in [7, 11) is 1.52. The maximum atomic E-state index is 9.44. The van der Waals surface area contributed by atoms with Crippen LogP contribution in [-0.2, 0) is 0 Å². The van der Waals surface area contributed by atoms with Crippen molar-refractivity contribution in [3.8, 4) is 23.3 Å². The lowest BCUT2D eigenvalue weighted by molar-refractivity contribution is 0.373. The van der Waals surface area contributed by atoms with Crippen LogP contribution >= 0.6 is 12.6 Å². The molecule has 74 valence electrons. The first-order chi connectivity index (χ1) is 6.77. The van der Waals surface area contributed by atoms with Crippen molar-refractivity contribution < 1.29 is 9.84 Å². The van der Waals surface area contributed by atoms with Crippen LogP contribution in [0.4, 0.5) is 0 Å². The van der Waals surface area contributed by atoms with E-state index < -0.39 is 0 Å². The molecule has 0 aliphatic rings. The van der Waals surface area contributed by atoms with Crippen LogP contribution in [0, 0.1) is 11.8 Å². The van der Waals surface area contributed by atoms with E-state index in [0.29, 0.717) is 5.75 Å². The summed E-state index contributed by atoms with van der Waals surface area (Å²) in [4.78, 5) is 0. The van der Waals surface area contributed by atoms with Crippen LogP contribution < -0.4 is 4.74 Å². The zero-order chi connectivity index (χ0) is 10.4. The van der Waals surface area contributed by atoms with Gasteiger partial charge in [0.15, 0.2) is 11.5 Å². The number of phenolic OH excluding ortho intramolecular Hbond substituents is 1. The third-order valence-corrected chi connectivity index (χ3v) is 1.87. The van der Waals surface area contributed by atoms with Crippen LogP contribution in [0.25, 0.3) is 0 Å². The summed E-state index contributed by atoms with van der Waals surface area (Å²) in [5.41, 5.74) is 0.782. The highest BCUT2D eigenvalue weighted by atomic mass is 32.1. The minimum absolute atomic E-state index is 0.116. The molecule has 0 saturated heterocycles. The summed E-state index contributed by atoms with van der Waals surface area (Å²) >= 11 is 4.05. The van der Waals surface area contributed by atoms with Gasteiger partial charge >= 0.3 is 0 Å². The molecule has 0 aliphatic carbocycles. The number of hydrogen-bond acceptors (Lipinski definition) is 3. The Kier molecular flexibility index (Phi) is 4.21. The molecule has 0 bridgehead atoms. The van der Waals surface area contributed by atoms with Gasteiger partial charge in [-0.25, -0.2) is 0 Å². The first-order valence-electron chi connectivity index (χ1n) is 4.24. The topological polar surface area (TPSA) is 29.5 Å². The largest absolute Gasteiger partial charge is 0.504 e. The van der Waals surface area contributed by atoms with Crippen molar-refractivity contribution in [2.75, 3.05) is 12.9 Å². The van der Waals surface area contributed by atoms with Crippen LogP contribution in [0.1, 0.15) is 12.0 Å². The molecule has 0 heterocycles. The monoisotopic (exact) mass is 208 g/mol. The SMILES string of the molecule is COc1ccc(C#CCCS)cc1O. The van der Waals surface area contributed by atoms with Crippen molar-refractivity contribution in [3.05, 3.63) is 23.8 Å². The number of ether oxygens (including phenoxy) is 1. The van der Waals surface area contributed by atoms with Crippen LogP contribution in [0.5, 0.6) is 11.5 Å². The van der Waals surface area contributed by atoms with Crippen LogP contribution in [0.3, 0.4) is 0 Å². The van der Waals surface area contributed by atoms with Crippen LogP contribution in [0.15, 0.2) is 18.2 Å². The van der Waals surface area contributed by atoms with E-state index in [1.165, 1.54) is 7.11 Å². The molecule has 3 heteroatoms. The molecule has 0 atom stereocenters. The average Bonchev–Trinajstić information content (AvgIpc) is 2.18. The van der Waals surface area contributed by atoms with E-state index in [1.54, 1.807) is 12.1 Å². The summed E-state index contributed by atoms with van der Waals surface area (Å²) in [6.07, 6.45) is 0.746. The van der Waals surface area contributed by atoms with Crippen LogP contribution in [0.2, 0.25) is 0 Å². The molecule has 0 amide bonds. The van der Waals surface area contributed by atoms with Gasteiger partial charge in [0, 0.05) is 17.7 Å². The summed E-state index contributed by atoms with van der Waals surface area (Å²) in [6.45, 7) is 0. The molecule has 0 spiro atoms. The van der Waals surface area contributed by atoms with Gasteiger partial charge in [-0.3, -0.25) is 0 Å². The fourth-order valence-electron chi connectivity index (χ4n) is 0.988. The first kappa shape index (κ1) is 10.8. The summed E-state index contributed by atoms with van der Waals surface area (Å²) in [5.74, 6) is 7.18. The first-order valence-corrected chi connectivity index (χ1v) is 4.88. The zero-order valence-electron chi connectivity index (χ0n) is 7.95. The number of methoxy groups -OCH3 is 1. The smallest absolute Gasteiger partial charge is 0.160 e. The number of benzene rings is 1. The van der Waals surface area contributed by atoms with Gasteiger partial charge in [-0.1, -0.05) is 11.8 Å². The molecule has 0 aromatic heterocycles. The predicted molar refractivity (Wildman–Crippen MR) is 60.0 cm³/mol. The predicted octanol–water partition coefficient (Wildman–Crippen LogP) is 2.07. The lowest BCUT2D eigenvalue weighted by Gasteiger charge is -2.01. The van der Waals surface area contributed by atoms with Gasteiger partial charge in [0.1, 0.15) is 0 Å². The standard InChI is InChI=1S/C11H12O2S/c1-13-11-6-5-9(8-10(11)12)4-2-3-7-14/h5-6,8,12,14H,3,7H2,1H3. The number of rotatable bonds is 2. The highest BCUT2D eigenvalue weighted by Crippen LogP contribution is 2.25. The minimum atomic E-state index is 0.116. The lowest BCUT2D eigenvalue weighted by Crippen LogP contribution is -1.84. The maximum Gasteiger partial charge on any atom is 0.160 e. The molecule has 0 radical (unpaired) electrons. The third-order valence-electron chi connectivity index (χ3n) is 1.65. The molecule has 1 aromatic carbocycles. The molecule has 2 nitrogen and oxygen atoms in total. The summed E-state index contributed by atoms with van der Waals surface area (Å²) in [5, 5.41) is 9.44. The average molecular weight is 208 g/mol. The Bertz CT molecular complexity index is 363. The van der Waals surface area contributed by atoms with E-state index in [4.69, 9.17) is 4.74 Å². The van der Waals surface area contributed by atoms with E-state index in [9.17, 15) is 5.11 Å². The van der Waals surface area contributed by atoms with Gasteiger partial charge in [-0.05, 0) is 18.2 Å². The molecule has 14 heavy (non-hydrogen) atoms. The molecule has 1 aromatic rings. The van der Waals surface area contributed by atoms with Crippen molar-refractivity contribution in [1.82, 2.24) is 0 Å². The fourth-order valence-corrected chi connectivity index (χ4v) is 1.10. The summed E-state index contributed by atoms with van der Waals surface area (Å²) in [6, 6.07) is 5.09. The van der Waals surface area contributed by atoms with Gasteiger partial charge < -0.3 is 9.84 Å². The van der Waals surface area contributed by atoms with E-state index in [0.717, 1.165) is 17.7 Å². The Morgan fingerprint density at radius 1 is 1.50 bits per heavy atom. The third kappa shape index (κ3) is 2.90. The van der Waals surface area contributed by atoms with Crippen molar-refractivity contribution >= 4 is 12.6 Å². The van der Waals surface area contributed by atoms with E-state index >= 15 is 0 Å². The Balaban J connectivity index is 2.82. The van der Waals surface area contributed by atoms with Crippen molar-refractivity contribution in [1.29, 1.82) is 0 Å². The van der Waals surface area contributed by atoms with Gasteiger partial charge in [-0.15, -0.1) is 0 Å². The highest BCUT2D eigenvalue weighted by Gasteiger charge is 1.99. The molecule has 1 rings (SSSR count). The number of thiol groups is 1. The Labute approximate surface area is 89.3 Å².